The lowest BCUT2D eigenvalue weighted by Gasteiger charge is -2.30. The molecule has 1 aromatic carbocycles. The highest BCUT2D eigenvalue weighted by atomic mass is 16.3. The number of β-amino-alcohol motifs (C(OH)–C–C–N with tert-alkyl or cyclic N) is 1. The number of carbonyl (C=O) groups is 1. The fraction of sp³-hybridized carbons (Fsp3) is 0.500. The standard InChI is InChI=1S/C22H30N6O2/c29-19(14-28-10-7-16-3-1-2-4-17(16)13-28)12-24-22(30)20-11-21(26-15-25-20)27-18-5-8-23-9-6-18/h1-4,11,15,18-19,23,29H,5-10,12-14H2,(H,24,30)(H,25,26,27)/t19-/m1/s1. The normalized spacial score (nSPS) is 18.4. The van der Waals surface area contributed by atoms with Crippen LogP contribution in [0, 0.1) is 0 Å². The van der Waals surface area contributed by atoms with Gasteiger partial charge in [-0.1, -0.05) is 24.3 Å². The summed E-state index contributed by atoms with van der Waals surface area (Å²) in [4.78, 5) is 23.0. The predicted molar refractivity (Wildman–Crippen MR) is 115 cm³/mol. The minimum atomic E-state index is -0.631. The van der Waals surface area contributed by atoms with Crippen molar-refractivity contribution in [3.8, 4) is 0 Å². The number of anilines is 1. The molecule has 4 N–H and O–H groups in total. The Bertz CT molecular complexity index is 855. The molecule has 0 saturated carbocycles. The Hall–Kier alpha value is -2.55. The van der Waals surface area contributed by atoms with Crippen LogP contribution in [0.15, 0.2) is 36.7 Å². The van der Waals surface area contributed by atoms with Gasteiger partial charge in [-0.2, -0.15) is 0 Å². The summed E-state index contributed by atoms with van der Waals surface area (Å²) in [6, 6.07) is 10.5. The SMILES string of the molecule is O=C(NC[C@@H](O)CN1CCc2ccccc2C1)c1cc(NC2CCNCC2)ncn1. The lowest BCUT2D eigenvalue weighted by Crippen LogP contribution is -2.42. The summed E-state index contributed by atoms with van der Waals surface area (Å²) in [6.45, 7) is 4.44. The Labute approximate surface area is 177 Å². The number of fused-ring (bicyclic) bond motifs is 1. The van der Waals surface area contributed by atoms with Crippen LogP contribution in [0.5, 0.6) is 0 Å². The van der Waals surface area contributed by atoms with Gasteiger partial charge >= 0.3 is 0 Å². The summed E-state index contributed by atoms with van der Waals surface area (Å²) in [5.74, 6) is 0.364. The van der Waals surface area contributed by atoms with Crippen LogP contribution in [0.1, 0.15) is 34.5 Å². The maximum Gasteiger partial charge on any atom is 0.270 e. The molecule has 8 nitrogen and oxygen atoms in total. The monoisotopic (exact) mass is 410 g/mol. The van der Waals surface area contributed by atoms with Crippen LogP contribution < -0.4 is 16.0 Å². The Kier molecular flexibility index (Phi) is 6.88. The van der Waals surface area contributed by atoms with E-state index in [1.165, 1.54) is 17.5 Å². The van der Waals surface area contributed by atoms with Gasteiger partial charge in [0, 0.05) is 38.3 Å². The molecule has 0 spiro atoms. The van der Waals surface area contributed by atoms with Crippen molar-refractivity contribution in [3.05, 3.63) is 53.5 Å². The first-order chi connectivity index (χ1) is 14.7. The van der Waals surface area contributed by atoms with E-state index in [1.807, 2.05) is 0 Å². The number of piperidine rings is 1. The van der Waals surface area contributed by atoms with Gasteiger partial charge in [-0.25, -0.2) is 9.97 Å². The van der Waals surface area contributed by atoms with Crippen molar-refractivity contribution in [2.45, 2.75) is 38.0 Å². The molecule has 8 heteroatoms. The number of hydrogen-bond donors (Lipinski definition) is 4. The summed E-state index contributed by atoms with van der Waals surface area (Å²) in [5.41, 5.74) is 3.00. The van der Waals surface area contributed by atoms with Crippen LogP contribution in [-0.4, -0.2) is 70.8 Å². The zero-order valence-corrected chi connectivity index (χ0v) is 17.2. The molecule has 2 aliphatic rings. The summed E-state index contributed by atoms with van der Waals surface area (Å²) in [6.07, 6.45) is 3.81. The van der Waals surface area contributed by atoms with E-state index in [2.05, 4.69) is 55.1 Å². The van der Waals surface area contributed by atoms with Crippen molar-refractivity contribution in [2.75, 3.05) is 38.0 Å². The molecule has 0 aliphatic carbocycles. The summed E-state index contributed by atoms with van der Waals surface area (Å²) in [5, 5.41) is 19.9. The van der Waals surface area contributed by atoms with Crippen molar-refractivity contribution in [1.82, 2.24) is 25.5 Å². The maximum absolute atomic E-state index is 12.5. The third kappa shape index (κ3) is 5.53. The highest BCUT2D eigenvalue weighted by Gasteiger charge is 2.19. The predicted octanol–water partition coefficient (Wildman–Crippen LogP) is 0.789. The molecule has 160 valence electrons. The Morgan fingerprint density at radius 1 is 1.23 bits per heavy atom. The molecule has 2 aromatic rings. The summed E-state index contributed by atoms with van der Waals surface area (Å²) in [7, 11) is 0. The van der Waals surface area contributed by atoms with Crippen LogP contribution in [0.25, 0.3) is 0 Å². The first-order valence-corrected chi connectivity index (χ1v) is 10.7. The van der Waals surface area contributed by atoms with E-state index in [-0.39, 0.29) is 12.5 Å². The average molecular weight is 411 g/mol. The molecule has 1 saturated heterocycles. The fourth-order valence-electron chi connectivity index (χ4n) is 4.11. The maximum atomic E-state index is 12.5. The van der Waals surface area contributed by atoms with Gasteiger partial charge in [0.05, 0.1) is 6.10 Å². The van der Waals surface area contributed by atoms with E-state index in [9.17, 15) is 9.90 Å². The first kappa shape index (κ1) is 20.7. The number of aromatic nitrogens is 2. The van der Waals surface area contributed by atoms with Gasteiger partial charge in [0.1, 0.15) is 17.8 Å². The molecule has 1 aromatic heterocycles. The molecule has 1 fully saturated rings. The van der Waals surface area contributed by atoms with Crippen LogP contribution in [0.3, 0.4) is 0 Å². The number of nitrogens with zero attached hydrogens (tertiary/aromatic N) is 3. The number of aliphatic hydroxyl groups is 1. The smallest absolute Gasteiger partial charge is 0.270 e. The first-order valence-electron chi connectivity index (χ1n) is 10.7. The average Bonchev–Trinajstić information content (AvgIpc) is 2.78. The van der Waals surface area contributed by atoms with Gasteiger partial charge in [-0.15, -0.1) is 0 Å². The number of nitrogens with one attached hydrogen (secondary N) is 3. The quantitative estimate of drug-likeness (QED) is 0.535. The Morgan fingerprint density at radius 2 is 2.03 bits per heavy atom. The number of aliphatic hydroxyl groups excluding tert-OH is 1. The molecule has 0 radical (unpaired) electrons. The van der Waals surface area contributed by atoms with Crippen LogP contribution in [0.4, 0.5) is 5.82 Å². The number of rotatable bonds is 7. The molecule has 3 heterocycles. The molecule has 1 atom stereocenters. The van der Waals surface area contributed by atoms with Crippen molar-refractivity contribution in [1.29, 1.82) is 0 Å². The summed E-state index contributed by atoms with van der Waals surface area (Å²) >= 11 is 0. The van der Waals surface area contributed by atoms with Crippen LogP contribution in [-0.2, 0) is 13.0 Å². The molecular weight excluding hydrogens is 380 g/mol. The molecule has 4 rings (SSSR count). The molecule has 1 amide bonds. The van der Waals surface area contributed by atoms with E-state index in [4.69, 9.17) is 0 Å². The topological polar surface area (TPSA) is 102 Å². The largest absolute Gasteiger partial charge is 0.390 e. The van der Waals surface area contributed by atoms with E-state index >= 15 is 0 Å². The number of amides is 1. The third-order valence-electron chi connectivity index (χ3n) is 5.77. The highest BCUT2D eigenvalue weighted by Crippen LogP contribution is 2.18. The van der Waals surface area contributed by atoms with Crippen molar-refractivity contribution >= 4 is 11.7 Å². The molecule has 0 unspecified atom stereocenters. The second-order valence-electron chi connectivity index (χ2n) is 8.07. The second-order valence-corrected chi connectivity index (χ2v) is 8.07. The lowest BCUT2D eigenvalue weighted by atomic mass is 10.00. The minimum Gasteiger partial charge on any atom is -0.390 e. The fourth-order valence-corrected chi connectivity index (χ4v) is 4.11. The van der Waals surface area contributed by atoms with Crippen LogP contribution >= 0.6 is 0 Å². The lowest BCUT2D eigenvalue weighted by molar-refractivity contribution is 0.0838. The number of carbonyl (C=O) groups excluding carboxylic acids is 1. The van der Waals surface area contributed by atoms with Gasteiger partial charge in [-0.05, 0) is 43.5 Å². The molecule has 30 heavy (non-hydrogen) atoms. The zero-order chi connectivity index (χ0) is 20.8. The minimum absolute atomic E-state index is 0.192. The Morgan fingerprint density at radius 3 is 2.87 bits per heavy atom. The van der Waals surface area contributed by atoms with Crippen molar-refractivity contribution in [3.63, 3.8) is 0 Å². The van der Waals surface area contributed by atoms with E-state index in [0.717, 1.165) is 45.4 Å². The number of benzene rings is 1. The van der Waals surface area contributed by atoms with Crippen LogP contribution in [0.2, 0.25) is 0 Å². The molecule has 2 aliphatic heterocycles. The third-order valence-corrected chi connectivity index (χ3v) is 5.77. The van der Waals surface area contributed by atoms with Gasteiger partial charge in [0.25, 0.3) is 5.91 Å². The van der Waals surface area contributed by atoms with E-state index < -0.39 is 6.10 Å². The zero-order valence-electron chi connectivity index (χ0n) is 17.2. The van der Waals surface area contributed by atoms with Crippen molar-refractivity contribution in [2.24, 2.45) is 0 Å². The second kappa shape index (κ2) is 9.97. The number of hydrogen-bond acceptors (Lipinski definition) is 7. The van der Waals surface area contributed by atoms with Gasteiger partial charge in [-0.3, -0.25) is 9.69 Å². The van der Waals surface area contributed by atoms with Gasteiger partial charge < -0.3 is 21.1 Å². The highest BCUT2D eigenvalue weighted by molar-refractivity contribution is 5.92. The van der Waals surface area contributed by atoms with Crippen molar-refractivity contribution < 1.29 is 9.90 Å². The van der Waals surface area contributed by atoms with E-state index in [0.29, 0.717) is 24.1 Å². The Balaban J connectivity index is 1.24. The van der Waals surface area contributed by atoms with E-state index in [1.54, 1.807) is 6.07 Å². The summed E-state index contributed by atoms with van der Waals surface area (Å²) < 4.78 is 0. The van der Waals surface area contributed by atoms with Gasteiger partial charge in [0.2, 0.25) is 0 Å². The molecule has 0 bridgehead atoms. The molecular formula is C22H30N6O2. The van der Waals surface area contributed by atoms with Gasteiger partial charge in [0.15, 0.2) is 0 Å².